The Kier molecular flexibility index (Phi) is 3.01. The van der Waals surface area contributed by atoms with Crippen molar-refractivity contribution in [2.24, 2.45) is 5.92 Å². The van der Waals surface area contributed by atoms with Crippen LogP contribution in [0.25, 0.3) is 0 Å². The van der Waals surface area contributed by atoms with Crippen molar-refractivity contribution in [2.45, 2.75) is 50.7 Å². The molecule has 4 heteroatoms. The number of rotatable bonds is 1. The van der Waals surface area contributed by atoms with Crippen molar-refractivity contribution in [3.63, 3.8) is 0 Å². The van der Waals surface area contributed by atoms with E-state index < -0.39 is 0 Å². The van der Waals surface area contributed by atoms with Gasteiger partial charge in [0.15, 0.2) is 0 Å². The number of hydrogen-bond acceptors (Lipinski definition) is 4. The van der Waals surface area contributed by atoms with Gasteiger partial charge in [-0.3, -0.25) is 4.79 Å². The maximum atomic E-state index is 10.9. The second-order valence-electron chi connectivity index (χ2n) is 6.46. The molecule has 0 saturated heterocycles. The molecule has 1 aromatic rings. The highest BCUT2D eigenvalue weighted by Gasteiger charge is 2.47. The summed E-state index contributed by atoms with van der Waals surface area (Å²) in [5, 5.41) is 20.2. The summed E-state index contributed by atoms with van der Waals surface area (Å²) in [7, 11) is 0. The average Bonchev–Trinajstić information content (AvgIpc) is 2.36. The third kappa shape index (κ3) is 1.99. The number of carbonyl (C=O) groups is 1. The fourth-order valence-electron chi connectivity index (χ4n) is 3.82. The normalized spacial score (nSPS) is 30.9. The van der Waals surface area contributed by atoms with Crippen LogP contribution < -0.4 is 4.74 Å². The summed E-state index contributed by atoms with van der Waals surface area (Å²) < 4.78 is 6.05. The Labute approximate surface area is 118 Å². The summed E-state index contributed by atoms with van der Waals surface area (Å²) in [6.45, 7) is 4.08. The molecule has 1 saturated carbocycles. The Morgan fingerprint density at radius 1 is 1.35 bits per heavy atom. The fraction of sp³-hybridized carbons (Fsp3) is 0.562. The molecule has 0 radical (unpaired) electrons. The molecule has 20 heavy (non-hydrogen) atoms. The zero-order chi connectivity index (χ0) is 14.5. The maximum Gasteiger partial charge on any atom is 0.150 e. The van der Waals surface area contributed by atoms with Gasteiger partial charge in [-0.25, -0.2) is 0 Å². The Hall–Kier alpha value is -1.55. The second kappa shape index (κ2) is 4.48. The summed E-state index contributed by atoms with van der Waals surface area (Å²) in [6, 6.07) is 3.16. The van der Waals surface area contributed by atoms with E-state index in [0.29, 0.717) is 24.0 Å². The molecule has 2 aliphatic rings. The number of benzene rings is 1. The predicted octanol–water partition coefficient (Wildman–Crippen LogP) is 2.62. The molecular formula is C16H20O4. The first kappa shape index (κ1) is 13.4. The lowest BCUT2D eigenvalue weighted by Gasteiger charge is -2.48. The topological polar surface area (TPSA) is 66.8 Å². The Balaban J connectivity index is 2.13. The first-order chi connectivity index (χ1) is 9.42. The highest BCUT2D eigenvalue weighted by atomic mass is 16.5. The fourth-order valence-corrected chi connectivity index (χ4v) is 3.82. The van der Waals surface area contributed by atoms with Crippen molar-refractivity contribution in [3.8, 4) is 11.5 Å². The van der Waals surface area contributed by atoms with E-state index in [1.807, 2.05) is 13.8 Å². The lowest BCUT2D eigenvalue weighted by Crippen LogP contribution is -2.47. The smallest absolute Gasteiger partial charge is 0.150 e. The molecule has 1 aliphatic heterocycles. The highest BCUT2D eigenvalue weighted by molar-refractivity contribution is 5.77. The summed E-state index contributed by atoms with van der Waals surface area (Å²) in [5.74, 6) is 1.03. The molecule has 1 fully saturated rings. The zero-order valence-corrected chi connectivity index (χ0v) is 11.8. The number of carbonyl (C=O) groups excluding carboxylic acids is 1. The molecule has 3 rings (SSSR count). The second-order valence-corrected chi connectivity index (χ2v) is 6.46. The zero-order valence-electron chi connectivity index (χ0n) is 11.8. The molecule has 0 spiro atoms. The van der Waals surface area contributed by atoms with Gasteiger partial charge in [0.1, 0.15) is 23.4 Å². The summed E-state index contributed by atoms with van der Waals surface area (Å²) in [5.41, 5.74) is 0.802. The third-order valence-electron chi connectivity index (χ3n) is 4.74. The van der Waals surface area contributed by atoms with Gasteiger partial charge in [-0.2, -0.15) is 0 Å². The quantitative estimate of drug-likeness (QED) is 0.774. The number of fused-ring (bicyclic) bond motifs is 3. The van der Waals surface area contributed by atoms with Gasteiger partial charge in [0.05, 0.1) is 6.10 Å². The molecule has 0 aromatic heterocycles. The van der Waals surface area contributed by atoms with Crippen molar-refractivity contribution in [2.75, 3.05) is 0 Å². The molecule has 2 N–H and O–H groups in total. The minimum atomic E-state index is -0.355. The molecule has 1 aromatic carbocycles. The summed E-state index contributed by atoms with van der Waals surface area (Å²) in [4.78, 5) is 10.9. The van der Waals surface area contributed by atoms with Crippen molar-refractivity contribution in [1.29, 1.82) is 0 Å². The van der Waals surface area contributed by atoms with Crippen LogP contribution in [0.3, 0.4) is 0 Å². The van der Waals surface area contributed by atoms with E-state index in [1.165, 1.54) is 6.07 Å². The van der Waals surface area contributed by atoms with Crippen LogP contribution in [0, 0.1) is 5.92 Å². The largest absolute Gasteiger partial charge is 0.507 e. The van der Waals surface area contributed by atoms with Crippen molar-refractivity contribution in [1.82, 2.24) is 0 Å². The number of aldehydes is 1. The number of aliphatic hydroxyl groups excluding tert-OH is 1. The molecule has 3 atom stereocenters. The Bertz CT molecular complexity index is 550. The van der Waals surface area contributed by atoms with E-state index in [0.717, 1.165) is 18.4 Å². The first-order valence-corrected chi connectivity index (χ1v) is 7.11. The molecule has 4 nitrogen and oxygen atoms in total. The van der Waals surface area contributed by atoms with Crippen LogP contribution in [0.1, 0.15) is 54.9 Å². The number of ether oxygens (including phenoxy) is 1. The van der Waals surface area contributed by atoms with Gasteiger partial charge in [-0.05, 0) is 45.2 Å². The maximum absolute atomic E-state index is 10.9. The summed E-state index contributed by atoms with van der Waals surface area (Å²) in [6.07, 6.45) is 2.67. The number of aromatic hydroxyl groups is 1. The van der Waals surface area contributed by atoms with Crippen LogP contribution in [-0.2, 0) is 0 Å². The van der Waals surface area contributed by atoms with Gasteiger partial charge < -0.3 is 14.9 Å². The van der Waals surface area contributed by atoms with E-state index in [2.05, 4.69) is 0 Å². The van der Waals surface area contributed by atoms with Gasteiger partial charge in [0.25, 0.3) is 0 Å². The number of phenols is 1. The molecule has 1 aliphatic carbocycles. The SMILES string of the molecule is CC1(C)Oc2cc(C=O)cc(O)c2[C@@H]2C[C@H](O)CC[C@H]21. The molecular weight excluding hydrogens is 256 g/mol. The number of hydrogen-bond donors (Lipinski definition) is 2. The van der Waals surface area contributed by atoms with Crippen LogP contribution in [0.5, 0.6) is 11.5 Å². The van der Waals surface area contributed by atoms with Gasteiger partial charge in [0.2, 0.25) is 0 Å². The highest BCUT2D eigenvalue weighted by Crippen LogP contribution is 2.54. The van der Waals surface area contributed by atoms with Crippen LogP contribution >= 0.6 is 0 Å². The molecule has 0 unspecified atom stereocenters. The lowest BCUT2D eigenvalue weighted by atomic mass is 9.66. The first-order valence-electron chi connectivity index (χ1n) is 7.11. The van der Waals surface area contributed by atoms with Crippen LogP contribution in [0.15, 0.2) is 12.1 Å². The van der Waals surface area contributed by atoms with E-state index in [4.69, 9.17) is 4.74 Å². The van der Waals surface area contributed by atoms with Crippen molar-refractivity contribution >= 4 is 6.29 Å². The van der Waals surface area contributed by atoms with Crippen LogP contribution in [0.4, 0.5) is 0 Å². The molecule has 1 heterocycles. The van der Waals surface area contributed by atoms with Gasteiger partial charge in [0, 0.05) is 23.0 Å². The Morgan fingerprint density at radius 3 is 2.80 bits per heavy atom. The van der Waals surface area contributed by atoms with Gasteiger partial charge in [-0.15, -0.1) is 0 Å². The monoisotopic (exact) mass is 276 g/mol. The van der Waals surface area contributed by atoms with Crippen molar-refractivity contribution in [3.05, 3.63) is 23.3 Å². The third-order valence-corrected chi connectivity index (χ3v) is 4.74. The van der Waals surface area contributed by atoms with Crippen molar-refractivity contribution < 1.29 is 19.7 Å². The van der Waals surface area contributed by atoms with Crippen LogP contribution in [0.2, 0.25) is 0 Å². The average molecular weight is 276 g/mol. The Morgan fingerprint density at radius 2 is 2.10 bits per heavy atom. The minimum Gasteiger partial charge on any atom is -0.507 e. The van der Waals surface area contributed by atoms with Gasteiger partial charge >= 0.3 is 0 Å². The lowest BCUT2D eigenvalue weighted by molar-refractivity contribution is -0.0317. The number of phenolic OH excluding ortho intramolecular Hbond substituents is 1. The predicted molar refractivity (Wildman–Crippen MR) is 74.3 cm³/mol. The summed E-state index contributed by atoms with van der Waals surface area (Å²) >= 11 is 0. The molecule has 0 amide bonds. The van der Waals surface area contributed by atoms with E-state index in [-0.39, 0.29) is 29.3 Å². The minimum absolute atomic E-state index is 0.0817. The van der Waals surface area contributed by atoms with E-state index >= 15 is 0 Å². The van der Waals surface area contributed by atoms with Gasteiger partial charge in [-0.1, -0.05) is 0 Å². The van der Waals surface area contributed by atoms with E-state index in [1.54, 1.807) is 6.07 Å². The molecule has 0 bridgehead atoms. The van der Waals surface area contributed by atoms with E-state index in [9.17, 15) is 15.0 Å². The standard InChI is InChI=1S/C16H20O4/c1-16(2)12-4-3-10(18)7-11(12)15-13(19)5-9(8-17)6-14(15)20-16/h5-6,8,10-12,18-19H,3-4,7H2,1-2H3/t10-,11-,12-/m1/s1. The molecule has 108 valence electrons. The number of aliphatic hydroxyl groups is 1. The van der Waals surface area contributed by atoms with Crippen LogP contribution in [-0.4, -0.2) is 28.2 Å².